The monoisotopic (exact) mass is 342 g/mol. The second-order valence-electron chi connectivity index (χ2n) is 9.00. The van der Waals surface area contributed by atoms with Crippen LogP contribution in [0.3, 0.4) is 0 Å². The van der Waals surface area contributed by atoms with Gasteiger partial charge >= 0.3 is 5.97 Å². The lowest BCUT2D eigenvalue weighted by Crippen LogP contribution is -2.46. The van der Waals surface area contributed by atoms with Gasteiger partial charge in [0.05, 0.1) is 0 Å². The van der Waals surface area contributed by atoms with E-state index < -0.39 is 0 Å². The minimum atomic E-state index is -0.0618. The molecule has 4 rings (SSSR count). The quantitative estimate of drug-likeness (QED) is 0.537. The van der Waals surface area contributed by atoms with Crippen molar-refractivity contribution in [3.8, 4) is 0 Å². The van der Waals surface area contributed by atoms with E-state index in [-0.39, 0.29) is 22.9 Å². The van der Waals surface area contributed by atoms with Gasteiger partial charge in [0.25, 0.3) is 0 Å². The third kappa shape index (κ3) is 2.45. The van der Waals surface area contributed by atoms with Gasteiger partial charge in [-0.05, 0) is 56.4 Å². The molecule has 4 aliphatic carbocycles. The van der Waals surface area contributed by atoms with Crippen LogP contribution in [0.2, 0.25) is 0 Å². The van der Waals surface area contributed by atoms with Crippen LogP contribution in [-0.4, -0.2) is 17.9 Å². The molecule has 0 aromatic rings. The van der Waals surface area contributed by atoms with E-state index >= 15 is 0 Å². The van der Waals surface area contributed by atoms with E-state index in [1.165, 1.54) is 5.57 Å². The summed E-state index contributed by atoms with van der Waals surface area (Å²) < 4.78 is 5.83. The number of rotatable bonds is 2. The van der Waals surface area contributed by atoms with Gasteiger partial charge in [0, 0.05) is 23.7 Å². The number of hydrogen-bond donors (Lipinski definition) is 0. The molecule has 5 unspecified atom stereocenters. The van der Waals surface area contributed by atoms with Crippen LogP contribution in [0.1, 0.15) is 72.1 Å². The average Bonchev–Trinajstić information content (AvgIpc) is 2.92. The van der Waals surface area contributed by atoms with Crippen molar-refractivity contribution in [1.82, 2.24) is 0 Å². The lowest BCUT2D eigenvalue weighted by molar-refractivity contribution is -0.155. The molecule has 0 bridgehead atoms. The van der Waals surface area contributed by atoms with Gasteiger partial charge in [-0.2, -0.15) is 0 Å². The molecule has 0 aromatic heterocycles. The Bertz CT molecular complexity index is 673. The summed E-state index contributed by atoms with van der Waals surface area (Å²) in [5.74, 6) is 1.45. The highest BCUT2D eigenvalue weighted by atomic mass is 16.5. The SMILES string of the molecule is CCC(=O)OC1CCC2C3CCC4=CC(=O)CCC4(C)C3=CCC12C. The number of carbonyl (C=O) groups is 2. The lowest BCUT2D eigenvalue weighted by Gasteiger charge is -2.53. The summed E-state index contributed by atoms with van der Waals surface area (Å²) in [6, 6.07) is 0. The standard InChI is InChI=1S/C22H30O3/c1-4-20(24)25-19-8-7-17-16-6-5-14-13-15(23)9-11-21(14,2)18(16)10-12-22(17,19)3/h10,13,16-17,19H,4-9,11-12H2,1-3H3. The highest BCUT2D eigenvalue weighted by Crippen LogP contribution is 2.63. The van der Waals surface area contributed by atoms with Crippen molar-refractivity contribution < 1.29 is 14.3 Å². The van der Waals surface area contributed by atoms with Gasteiger partial charge < -0.3 is 4.74 Å². The second-order valence-corrected chi connectivity index (χ2v) is 9.00. The van der Waals surface area contributed by atoms with E-state index in [1.54, 1.807) is 5.57 Å². The summed E-state index contributed by atoms with van der Waals surface area (Å²) in [7, 11) is 0. The molecular weight excluding hydrogens is 312 g/mol. The van der Waals surface area contributed by atoms with Crippen molar-refractivity contribution in [3.63, 3.8) is 0 Å². The zero-order valence-electron chi connectivity index (χ0n) is 15.8. The van der Waals surface area contributed by atoms with E-state index in [1.807, 2.05) is 13.0 Å². The Balaban J connectivity index is 1.66. The maximum absolute atomic E-state index is 11.9. The first-order valence-electron chi connectivity index (χ1n) is 10.0. The second kappa shape index (κ2) is 5.82. The molecule has 0 spiro atoms. The molecule has 3 heteroatoms. The molecule has 4 aliphatic rings. The third-order valence-electron chi connectivity index (χ3n) is 7.81. The fraction of sp³-hybridized carbons (Fsp3) is 0.727. The van der Waals surface area contributed by atoms with Crippen molar-refractivity contribution in [2.45, 2.75) is 78.2 Å². The zero-order valence-corrected chi connectivity index (χ0v) is 15.8. The van der Waals surface area contributed by atoms with Gasteiger partial charge in [0.15, 0.2) is 5.78 Å². The number of fused-ring (bicyclic) bond motifs is 5. The first kappa shape index (κ1) is 17.1. The van der Waals surface area contributed by atoms with Crippen molar-refractivity contribution in [2.75, 3.05) is 0 Å². The van der Waals surface area contributed by atoms with Gasteiger partial charge in [-0.25, -0.2) is 0 Å². The fourth-order valence-corrected chi connectivity index (χ4v) is 6.25. The Hall–Kier alpha value is -1.38. The molecule has 0 saturated heterocycles. The van der Waals surface area contributed by atoms with Crippen molar-refractivity contribution >= 4 is 11.8 Å². The van der Waals surface area contributed by atoms with E-state index in [4.69, 9.17) is 4.74 Å². The summed E-state index contributed by atoms with van der Waals surface area (Å²) in [5.41, 5.74) is 3.13. The molecular formula is C22H30O3. The molecule has 0 amide bonds. The Labute approximate surface area is 150 Å². The normalized spacial score (nSPS) is 42.7. The first-order valence-corrected chi connectivity index (χ1v) is 10.0. The number of carbonyl (C=O) groups excluding carboxylic acids is 2. The number of ketones is 1. The molecule has 0 radical (unpaired) electrons. The molecule has 0 heterocycles. The van der Waals surface area contributed by atoms with Crippen LogP contribution in [-0.2, 0) is 14.3 Å². The molecule has 2 saturated carbocycles. The van der Waals surface area contributed by atoms with E-state index in [9.17, 15) is 9.59 Å². The highest BCUT2D eigenvalue weighted by Gasteiger charge is 2.57. The summed E-state index contributed by atoms with van der Waals surface area (Å²) in [6.07, 6.45) is 11.9. The number of ether oxygens (including phenoxy) is 1. The summed E-state index contributed by atoms with van der Waals surface area (Å²) in [4.78, 5) is 23.7. The molecule has 2 fully saturated rings. The molecule has 0 N–H and O–H groups in total. The maximum atomic E-state index is 11.9. The first-order chi connectivity index (χ1) is 11.9. The molecule has 0 aromatic carbocycles. The van der Waals surface area contributed by atoms with Gasteiger partial charge in [-0.1, -0.05) is 38.0 Å². The van der Waals surface area contributed by atoms with E-state index in [2.05, 4.69) is 19.9 Å². The summed E-state index contributed by atoms with van der Waals surface area (Å²) in [5, 5.41) is 0. The predicted molar refractivity (Wildman–Crippen MR) is 96.9 cm³/mol. The van der Waals surface area contributed by atoms with Crippen molar-refractivity contribution in [2.24, 2.45) is 22.7 Å². The number of esters is 1. The van der Waals surface area contributed by atoms with Crippen LogP contribution in [0.15, 0.2) is 23.3 Å². The van der Waals surface area contributed by atoms with Crippen molar-refractivity contribution in [3.05, 3.63) is 23.3 Å². The number of allylic oxidation sites excluding steroid dienone is 4. The molecule has 25 heavy (non-hydrogen) atoms. The zero-order chi connectivity index (χ0) is 17.8. The molecule has 3 nitrogen and oxygen atoms in total. The van der Waals surface area contributed by atoms with Crippen LogP contribution in [0.4, 0.5) is 0 Å². The van der Waals surface area contributed by atoms with Gasteiger partial charge in [-0.3, -0.25) is 9.59 Å². The Kier molecular flexibility index (Phi) is 3.97. The smallest absolute Gasteiger partial charge is 0.305 e. The van der Waals surface area contributed by atoms with E-state index in [0.717, 1.165) is 38.5 Å². The Morgan fingerprint density at radius 3 is 2.80 bits per heavy atom. The van der Waals surface area contributed by atoms with Crippen LogP contribution < -0.4 is 0 Å². The molecule has 0 aliphatic heterocycles. The van der Waals surface area contributed by atoms with Crippen LogP contribution in [0, 0.1) is 22.7 Å². The van der Waals surface area contributed by atoms with Crippen LogP contribution in [0.5, 0.6) is 0 Å². The average molecular weight is 342 g/mol. The van der Waals surface area contributed by atoms with Gasteiger partial charge in [-0.15, -0.1) is 0 Å². The highest BCUT2D eigenvalue weighted by molar-refractivity contribution is 5.92. The maximum Gasteiger partial charge on any atom is 0.305 e. The number of hydrogen-bond acceptors (Lipinski definition) is 3. The summed E-state index contributed by atoms with van der Waals surface area (Å²) in [6.45, 7) is 6.56. The third-order valence-corrected chi connectivity index (χ3v) is 7.81. The van der Waals surface area contributed by atoms with E-state index in [0.29, 0.717) is 30.5 Å². The largest absolute Gasteiger partial charge is 0.462 e. The molecule has 5 atom stereocenters. The minimum absolute atomic E-state index is 0.0618. The van der Waals surface area contributed by atoms with Crippen LogP contribution in [0.25, 0.3) is 0 Å². The summed E-state index contributed by atoms with van der Waals surface area (Å²) >= 11 is 0. The Morgan fingerprint density at radius 2 is 2.04 bits per heavy atom. The lowest BCUT2D eigenvalue weighted by atomic mass is 9.52. The fourth-order valence-electron chi connectivity index (χ4n) is 6.25. The minimum Gasteiger partial charge on any atom is -0.462 e. The topological polar surface area (TPSA) is 43.4 Å². The predicted octanol–water partition coefficient (Wildman–Crippen LogP) is 4.76. The molecule has 136 valence electrons. The van der Waals surface area contributed by atoms with Crippen molar-refractivity contribution in [1.29, 1.82) is 0 Å². The van der Waals surface area contributed by atoms with Gasteiger partial charge in [0.1, 0.15) is 6.10 Å². The Morgan fingerprint density at radius 1 is 1.24 bits per heavy atom. The van der Waals surface area contributed by atoms with Crippen LogP contribution >= 0.6 is 0 Å². The van der Waals surface area contributed by atoms with Gasteiger partial charge in [0.2, 0.25) is 0 Å².